The van der Waals surface area contributed by atoms with E-state index < -0.39 is 5.91 Å². The molecule has 30 heavy (non-hydrogen) atoms. The molecule has 150 valence electrons. The number of anilines is 1. The fourth-order valence-electron chi connectivity index (χ4n) is 3.17. The predicted molar refractivity (Wildman–Crippen MR) is 117 cm³/mol. The van der Waals surface area contributed by atoms with Crippen LogP contribution < -0.4 is 15.2 Å². The molecule has 4 rings (SSSR count). The highest BCUT2D eigenvalue weighted by atomic mass is 16.5. The number of nitrogens with zero attached hydrogens (tertiary/aromatic N) is 1. The largest absolute Gasteiger partial charge is 0.489 e. The lowest BCUT2D eigenvalue weighted by Crippen LogP contribution is -2.35. The smallest absolute Gasteiger partial charge is 0.282 e. The number of hydrogen-bond donors (Lipinski definition) is 1. The average Bonchev–Trinajstić information content (AvgIpc) is 3.04. The molecule has 1 saturated heterocycles. The van der Waals surface area contributed by atoms with Gasteiger partial charge in [-0.25, -0.2) is 5.01 Å². The second-order valence-corrected chi connectivity index (χ2v) is 7.25. The normalized spacial score (nSPS) is 14.9. The molecule has 5 nitrogen and oxygen atoms in total. The molecule has 1 heterocycles. The summed E-state index contributed by atoms with van der Waals surface area (Å²) in [6.45, 7) is 4.45. The van der Waals surface area contributed by atoms with Crippen LogP contribution in [-0.2, 0) is 16.2 Å². The Morgan fingerprint density at radius 1 is 0.900 bits per heavy atom. The summed E-state index contributed by atoms with van der Waals surface area (Å²) in [4.78, 5) is 25.2. The zero-order chi connectivity index (χ0) is 21.1. The van der Waals surface area contributed by atoms with Gasteiger partial charge in [-0.05, 0) is 66.4 Å². The number of carbonyl (C=O) groups is 2. The number of carbonyl (C=O) groups excluding carboxylic acids is 2. The molecule has 0 spiro atoms. The number of aryl methyl sites for hydroxylation is 2. The molecule has 5 heteroatoms. The molecule has 0 saturated carbocycles. The van der Waals surface area contributed by atoms with E-state index in [0.717, 1.165) is 28.0 Å². The Kier molecular flexibility index (Phi) is 5.35. The lowest BCUT2D eigenvalue weighted by atomic mass is 10.1. The number of hydrazine groups is 1. The van der Waals surface area contributed by atoms with Gasteiger partial charge in [0, 0.05) is 0 Å². The van der Waals surface area contributed by atoms with Crippen LogP contribution in [0.15, 0.2) is 78.4 Å². The van der Waals surface area contributed by atoms with Crippen molar-refractivity contribution in [3.63, 3.8) is 0 Å². The Balaban J connectivity index is 1.47. The Morgan fingerprint density at radius 2 is 1.63 bits per heavy atom. The molecular weight excluding hydrogens is 376 g/mol. The molecule has 3 aromatic rings. The minimum absolute atomic E-state index is 0.103. The van der Waals surface area contributed by atoms with Crippen molar-refractivity contribution in [2.75, 3.05) is 5.01 Å². The van der Waals surface area contributed by atoms with Crippen molar-refractivity contribution in [1.29, 1.82) is 0 Å². The van der Waals surface area contributed by atoms with Crippen molar-refractivity contribution in [3.05, 3.63) is 101 Å². The summed E-state index contributed by atoms with van der Waals surface area (Å²) in [6, 6.07) is 22.9. The van der Waals surface area contributed by atoms with Crippen molar-refractivity contribution in [2.24, 2.45) is 0 Å². The standard InChI is InChI=1S/C25H22N2O3/c1-17-8-11-21(14-18(17)2)27-25(29)23(24(28)26-27)15-19-9-12-22(13-10-19)30-16-20-6-4-3-5-7-20/h3-15H,16H2,1-2H3,(H,26,28). The minimum Gasteiger partial charge on any atom is -0.489 e. The maximum Gasteiger partial charge on any atom is 0.282 e. The van der Waals surface area contributed by atoms with Crippen LogP contribution >= 0.6 is 0 Å². The summed E-state index contributed by atoms with van der Waals surface area (Å²) < 4.78 is 5.78. The molecule has 0 radical (unpaired) electrons. The number of benzene rings is 3. The summed E-state index contributed by atoms with van der Waals surface area (Å²) >= 11 is 0. The van der Waals surface area contributed by atoms with Crippen molar-refractivity contribution < 1.29 is 14.3 Å². The second kappa shape index (κ2) is 8.25. The van der Waals surface area contributed by atoms with E-state index in [9.17, 15) is 9.59 Å². The van der Waals surface area contributed by atoms with Crippen LogP contribution in [-0.4, -0.2) is 11.8 Å². The highest BCUT2D eigenvalue weighted by molar-refractivity contribution is 6.31. The molecule has 0 bridgehead atoms. The fourth-order valence-corrected chi connectivity index (χ4v) is 3.17. The maximum atomic E-state index is 12.8. The van der Waals surface area contributed by atoms with E-state index in [0.29, 0.717) is 12.3 Å². The second-order valence-electron chi connectivity index (χ2n) is 7.25. The molecule has 0 atom stereocenters. The Morgan fingerprint density at radius 3 is 2.33 bits per heavy atom. The van der Waals surface area contributed by atoms with E-state index in [1.165, 1.54) is 5.01 Å². The Hall–Kier alpha value is -3.86. The SMILES string of the molecule is Cc1ccc(N2NC(=O)C(=Cc3ccc(OCc4ccccc4)cc3)C2=O)cc1C. The summed E-state index contributed by atoms with van der Waals surface area (Å²) in [6.07, 6.45) is 1.60. The van der Waals surface area contributed by atoms with Crippen molar-refractivity contribution in [1.82, 2.24) is 5.43 Å². The van der Waals surface area contributed by atoms with Crippen LogP contribution in [0.5, 0.6) is 5.75 Å². The third kappa shape index (κ3) is 4.10. The van der Waals surface area contributed by atoms with Gasteiger partial charge in [0.2, 0.25) is 0 Å². The maximum absolute atomic E-state index is 12.8. The van der Waals surface area contributed by atoms with Gasteiger partial charge in [0.15, 0.2) is 0 Å². The number of rotatable bonds is 5. The molecule has 1 N–H and O–H groups in total. The molecule has 0 unspecified atom stereocenters. The lowest BCUT2D eigenvalue weighted by Gasteiger charge is -2.15. The van der Waals surface area contributed by atoms with E-state index in [2.05, 4.69) is 5.43 Å². The van der Waals surface area contributed by atoms with Crippen molar-refractivity contribution >= 4 is 23.6 Å². The first-order valence-corrected chi connectivity index (χ1v) is 9.72. The lowest BCUT2D eigenvalue weighted by molar-refractivity contribution is -0.117. The van der Waals surface area contributed by atoms with Gasteiger partial charge in [-0.15, -0.1) is 0 Å². The molecule has 0 aliphatic carbocycles. The van der Waals surface area contributed by atoms with Crippen molar-refractivity contribution in [3.8, 4) is 5.75 Å². The van der Waals surface area contributed by atoms with E-state index in [-0.39, 0.29) is 11.5 Å². The third-order valence-corrected chi connectivity index (χ3v) is 5.08. The molecule has 2 amide bonds. The zero-order valence-electron chi connectivity index (χ0n) is 16.9. The molecule has 3 aromatic carbocycles. The monoisotopic (exact) mass is 398 g/mol. The summed E-state index contributed by atoms with van der Waals surface area (Å²) in [5, 5.41) is 1.29. The van der Waals surface area contributed by atoms with Crippen LogP contribution in [0.4, 0.5) is 5.69 Å². The summed E-state index contributed by atoms with van der Waals surface area (Å²) in [5.74, 6) is -0.0600. The molecular formula is C25H22N2O3. The minimum atomic E-state index is -0.414. The van der Waals surface area contributed by atoms with Crippen LogP contribution in [0.2, 0.25) is 0 Å². The quantitative estimate of drug-likeness (QED) is 0.514. The van der Waals surface area contributed by atoms with Crippen LogP contribution in [0, 0.1) is 13.8 Å². The van der Waals surface area contributed by atoms with Gasteiger partial charge in [-0.2, -0.15) is 0 Å². The topological polar surface area (TPSA) is 58.6 Å². The molecule has 1 fully saturated rings. The van der Waals surface area contributed by atoms with Gasteiger partial charge in [0.05, 0.1) is 5.69 Å². The van der Waals surface area contributed by atoms with Gasteiger partial charge in [0.25, 0.3) is 11.8 Å². The first-order valence-electron chi connectivity index (χ1n) is 9.72. The van der Waals surface area contributed by atoms with E-state index in [1.54, 1.807) is 6.08 Å². The Labute approximate surface area is 175 Å². The van der Waals surface area contributed by atoms with E-state index in [4.69, 9.17) is 4.74 Å². The number of nitrogens with one attached hydrogen (secondary N) is 1. The predicted octanol–water partition coefficient (Wildman–Crippen LogP) is 4.34. The van der Waals surface area contributed by atoms with Crippen LogP contribution in [0.1, 0.15) is 22.3 Å². The van der Waals surface area contributed by atoms with Crippen LogP contribution in [0.25, 0.3) is 6.08 Å². The number of ether oxygens (including phenoxy) is 1. The van der Waals surface area contributed by atoms with Gasteiger partial charge in [-0.3, -0.25) is 15.0 Å². The van der Waals surface area contributed by atoms with Gasteiger partial charge in [0.1, 0.15) is 17.9 Å². The van der Waals surface area contributed by atoms with Gasteiger partial charge < -0.3 is 4.74 Å². The number of hydrogen-bond acceptors (Lipinski definition) is 3. The molecule has 1 aliphatic heterocycles. The zero-order valence-corrected chi connectivity index (χ0v) is 16.9. The average molecular weight is 398 g/mol. The van der Waals surface area contributed by atoms with E-state index >= 15 is 0 Å². The van der Waals surface area contributed by atoms with Gasteiger partial charge >= 0.3 is 0 Å². The molecule has 0 aromatic heterocycles. The summed E-state index contributed by atoms with van der Waals surface area (Å²) in [7, 11) is 0. The first-order chi connectivity index (χ1) is 14.5. The highest BCUT2D eigenvalue weighted by Crippen LogP contribution is 2.24. The van der Waals surface area contributed by atoms with Crippen molar-refractivity contribution in [2.45, 2.75) is 20.5 Å². The van der Waals surface area contributed by atoms with E-state index in [1.807, 2.05) is 86.6 Å². The molecule has 1 aliphatic rings. The number of amides is 2. The third-order valence-electron chi connectivity index (χ3n) is 5.08. The Bertz CT molecular complexity index is 1120. The van der Waals surface area contributed by atoms with Gasteiger partial charge in [-0.1, -0.05) is 48.5 Å². The first kappa shape index (κ1) is 19.5. The fraction of sp³-hybridized carbons (Fsp3) is 0.120. The van der Waals surface area contributed by atoms with Crippen LogP contribution in [0.3, 0.4) is 0 Å². The highest BCUT2D eigenvalue weighted by Gasteiger charge is 2.34. The summed E-state index contributed by atoms with van der Waals surface area (Å²) in [5.41, 5.74) is 7.40.